The summed E-state index contributed by atoms with van der Waals surface area (Å²) in [6, 6.07) is 0. The Morgan fingerprint density at radius 1 is 1.50 bits per heavy atom. The lowest BCUT2D eigenvalue weighted by Gasteiger charge is -2.14. The van der Waals surface area contributed by atoms with Crippen molar-refractivity contribution < 1.29 is 0 Å². The van der Waals surface area contributed by atoms with Crippen LogP contribution in [0.15, 0.2) is 23.8 Å². The minimum Gasteiger partial charge on any atom is -0.0845 e. The molecule has 0 aromatic rings. The summed E-state index contributed by atoms with van der Waals surface area (Å²) in [6.07, 6.45) is 13.5. The first-order valence-corrected chi connectivity index (χ1v) is 5.18. The van der Waals surface area contributed by atoms with Crippen molar-refractivity contribution in [3.63, 3.8) is 0 Å². The Bertz CT molecular complexity index is 174. The van der Waals surface area contributed by atoms with Gasteiger partial charge >= 0.3 is 0 Å². The van der Waals surface area contributed by atoms with Crippen LogP contribution in [0.2, 0.25) is 0 Å². The third kappa shape index (κ3) is 2.84. The molecule has 0 fully saturated rings. The van der Waals surface area contributed by atoms with E-state index < -0.39 is 0 Å². The van der Waals surface area contributed by atoms with Crippen LogP contribution in [0.4, 0.5) is 0 Å². The third-order valence-electron chi connectivity index (χ3n) is 2.73. The molecule has 0 nitrogen and oxygen atoms in total. The Morgan fingerprint density at radius 3 is 3.08 bits per heavy atom. The van der Waals surface area contributed by atoms with Gasteiger partial charge in [0, 0.05) is 0 Å². The van der Waals surface area contributed by atoms with Gasteiger partial charge in [-0.2, -0.15) is 0 Å². The lowest BCUT2D eigenvalue weighted by molar-refractivity contribution is 0.501. The van der Waals surface area contributed by atoms with E-state index in [1.807, 2.05) is 0 Å². The largest absolute Gasteiger partial charge is 0.0845 e. The summed E-state index contributed by atoms with van der Waals surface area (Å²) in [4.78, 5) is 0. The smallest absolute Gasteiger partial charge is 0.0200 e. The topological polar surface area (TPSA) is 0 Å². The summed E-state index contributed by atoms with van der Waals surface area (Å²) in [5.41, 5.74) is 1.58. The highest BCUT2D eigenvalue weighted by atomic mass is 14.2. The van der Waals surface area contributed by atoms with Gasteiger partial charge in [-0.3, -0.25) is 0 Å². The third-order valence-corrected chi connectivity index (χ3v) is 2.73. The monoisotopic (exact) mass is 164 g/mol. The van der Waals surface area contributed by atoms with E-state index in [2.05, 4.69) is 32.1 Å². The first kappa shape index (κ1) is 9.57. The highest BCUT2D eigenvalue weighted by Crippen LogP contribution is 2.25. The van der Waals surface area contributed by atoms with Gasteiger partial charge in [0.1, 0.15) is 0 Å². The summed E-state index contributed by atoms with van der Waals surface area (Å²) in [6.45, 7) is 4.55. The number of hydrogen-bond acceptors (Lipinski definition) is 0. The zero-order chi connectivity index (χ0) is 8.81. The second-order valence-electron chi connectivity index (χ2n) is 3.76. The maximum atomic E-state index is 2.29. The van der Waals surface area contributed by atoms with E-state index in [4.69, 9.17) is 0 Å². The molecule has 0 heterocycles. The summed E-state index contributed by atoms with van der Waals surface area (Å²) < 4.78 is 0. The van der Waals surface area contributed by atoms with Gasteiger partial charge in [-0.15, -0.1) is 0 Å². The minimum atomic E-state index is 0.861. The molecule has 0 spiro atoms. The molecule has 0 saturated carbocycles. The van der Waals surface area contributed by atoms with Crippen molar-refractivity contribution >= 4 is 0 Å². The normalized spacial score (nSPS) is 23.5. The molecular formula is C12H20. The predicted molar refractivity (Wildman–Crippen MR) is 55.1 cm³/mol. The summed E-state index contributed by atoms with van der Waals surface area (Å²) in [5, 5.41) is 0. The molecular weight excluding hydrogens is 144 g/mol. The zero-order valence-electron chi connectivity index (χ0n) is 8.34. The lowest BCUT2D eigenvalue weighted by Crippen LogP contribution is -2.00. The molecule has 1 atom stereocenters. The number of rotatable bonds is 3. The standard InChI is InChI=1S/C12H20/c1-3-4-9-12-10-7-5-6-8-11(12)2/h5-6,8,12H,3-4,7,9-10H2,1-2H3. The van der Waals surface area contributed by atoms with E-state index in [0.29, 0.717) is 0 Å². The van der Waals surface area contributed by atoms with Gasteiger partial charge in [-0.25, -0.2) is 0 Å². The van der Waals surface area contributed by atoms with Gasteiger partial charge < -0.3 is 0 Å². The second-order valence-corrected chi connectivity index (χ2v) is 3.76. The number of allylic oxidation sites excluding steroid dienone is 4. The van der Waals surface area contributed by atoms with Crippen molar-refractivity contribution in [2.45, 2.75) is 46.0 Å². The van der Waals surface area contributed by atoms with Crippen LogP contribution >= 0.6 is 0 Å². The van der Waals surface area contributed by atoms with Gasteiger partial charge in [-0.05, 0) is 32.1 Å². The van der Waals surface area contributed by atoms with Crippen LogP contribution in [0.1, 0.15) is 46.0 Å². The number of unbranched alkanes of at least 4 members (excludes halogenated alkanes) is 1. The minimum absolute atomic E-state index is 0.861. The van der Waals surface area contributed by atoms with Gasteiger partial charge in [0.2, 0.25) is 0 Å². The Morgan fingerprint density at radius 2 is 2.33 bits per heavy atom. The zero-order valence-corrected chi connectivity index (χ0v) is 8.34. The molecule has 1 rings (SSSR count). The lowest BCUT2D eigenvalue weighted by atomic mass is 9.91. The van der Waals surface area contributed by atoms with E-state index in [1.54, 1.807) is 5.57 Å². The van der Waals surface area contributed by atoms with Gasteiger partial charge in [0.25, 0.3) is 0 Å². The van der Waals surface area contributed by atoms with E-state index in [-0.39, 0.29) is 0 Å². The van der Waals surface area contributed by atoms with Crippen LogP contribution in [-0.4, -0.2) is 0 Å². The highest BCUT2D eigenvalue weighted by molar-refractivity contribution is 5.15. The second kappa shape index (κ2) is 5.18. The number of hydrogen-bond donors (Lipinski definition) is 0. The Balaban J connectivity index is 2.41. The first-order chi connectivity index (χ1) is 5.84. The quantitative estimate of drug-likeness (QED) is 0.589. The maximum Gasteiger partial charge on any atom is -0.0200 e. The van der Waals surface area contributed by atoms with Crippen molar-refractivity contribution in [1.82, 2.24) is 0 Å². The molecule has 0 aromatic heterocycles. The molecule has 0 saturated heterocycles. The van der Waals surface area contributed by atoms with Gasteiger partial charge in [-0.1, -0.05) is 43.6 Å². The molecule has 0 aliphatic heterocycles. The molecule has 12 heavy (non-hydrogen) atoms. The summed E-state index contributed by atoms with van der Waals surface area (Å²) in [5.74, 6) is 0.861. The molecule has 68 valence electrons. The molecule has 1 aliphatic rings. The van der Waals surface area contributed by atoms with Crippen LogP contribution in [0, 0.1) is 5.92 Å². The molecule has 0 N–H and O–H groups in total. The van der Waals surface area contributed by atoms with E-state index in [1.165, 1.54) is 32.1 Å². The summed E-state index contributed by atoms with van der Waals surface area (Å²) in [7, 11) is 0. The average Bonchev–Trinajstić information content (AvgIpc) is 2.27. The molecule has 0 amide bonds. The summed E-state index contributed by atoms with van der Waals surface area (Å²) >= 11 is 0. The van der Waals surface area contributed by atoms with E-state index >= 15 is 0 Å². The van der Waals surface area contributed by atoms with Crippen molar-refractivity contribution in [2.75, 3.05) is 0 Å². The fourth-order valence-electron chi connectivity index (χ4n) is 1.80. The first-order valence-electron chi connectivity index (χ1n) is 5.18. The fourth-order valence-corrected chi connectivity index (χ4v) is 1.80. The Kier molecular flexibility index (Phi) is 4.13. The van der Waals surface area contributed by atoms with E-state index in [9.17, 15) is 0 Å². The SMILES string of the molecule is CCCCC1CCC=CC=C1C. The molecule has 0 aromatic carbocycles. The van der Waals surface area contributed by atoms with Crippen LogP contribution in [0.25, 0.3) is 0 Å². The Hall–Kier alpha value is -0.520. The predicted octanol–water partition coefficient (Wildman–Crippen LogP) is 4.09. The van der Waals surface area contributed by atoms with Crippen molar-refractivity contribution in [3.8, 4) is 0 Å². The molecule has 0 radical (unpaired) electrons. The van der Waals surface area contributed by atoms with Crippen LogP contribution in [-0.2, 0) is 0 Å². The molecule has 0 heteroatoms. The Labute approximate surface area is 76.4 Å². The van der Waals surface area contributed by atoms with Crippen LogP contribution in [0.3, 0.4) is 0 Å². The average molecular weight is 164 g/mol. The highest BCUT2D eigenvalue weighted by Gasteiger charge is 2.09. The van der Waals surface area contributed by atoms with Gasteiger partial charge in [0.05, 0.1) is 0 Å². The van der Waals surface area contributed by atoms with Gasteiger partial charge in [0.15, 0.2) is 0 Å². The molecule has 1 aliphatic carbocycles. The molecule has 1 unspecified atom stereocenters. The van der Waals surface area contributed by atoms with Crippen LogP contribution in [0.5, 0.6) is 0 Å². The molecule has 0 bridgehead atoms. The van der Waals surface area contributed by atoms with Crippen molar-refractivity contribution in [2.24, 2.45) is 5.92 Å². The maximum absolute atomic E-state index is 2.29. The van der Waals surface area contributed by atoms with Crippen molar-refractivity contribution in [1.29, 1.82) is 0 Å². The fraction of sp³-hybridized carbons (Fsp3) is 0.667. The van der Waals surface area contributed by atoms with E-state index in [0.717, 1.165) is 5.92 Å². The van der Waals surface area contributed by atoms with Crippen molar-refractivity contribution in [3.05, 3.63) is 23.8 Å². The van der Waals surface area contributed by atoms with Crippen LogP contribution < -0.4 is 0 Å².